The van der Waals surface area contributed by atoms with Crippen LogP contribution in [0.1, 0.15) is 26.7 Å². The first kappa shape index (κ1) is 13.1. The molecule has 0 saturated carbocycles. The molecule has 2 N–H and O–H groups in total. The van der Waals surface area contributed by atoms with Crippen LogP contribution in [0.2, 0.25) is 0 Å². The normalized spacial score (nSPS) is 24.1. The average Bonchev–Trinajstić information content (AvgIpc) is 2.32. The summed E-state index contributed by atoms with van der Waals surface area (Å²) < 4.78 is 19.0. The van der Waals surface area contributed by atoms with Gasteiger partial charge in [-0.05, 0) is 38.8 Å². The van der Waals surface area contributed by atoms with E-state index >= 15 is 0 Å². The van der Waals surface area contributed by atoms with Crippen LogP contribution in [0, 0.1) is 5.82 Å². The van der Waals surface area contributed by atoms with Gasteiger partial charge in [0.25, 0.3) is 0 Å². The first-order valence-corrected chi connectivity index (χ1v) is 6.56. The van der Waals surface area contributed by atoms with Gasteiger partial charge in [0.1, 0.15) is 0 Å². The number of benzene rings is 1. The predicted octanol–water partition coefficient (Wildman–Crippen LogP) is 2.54. The second-order valence-electron chi connectivity index (χ2n) is 4.87. The highest BCUT2D eigenvalue weighted by Gasteiger charge is 2.23. The minimum absolute atomic E-state index is 0.267. The molecule has 18 heavy (non-hydrogen) atoms. The Bertz CT molecular complexity index is 411. The lowest BCUT2D eigenvalue weighted by Crippen LogP contribution is -2.45. The Morgan fingerprint density at radius 2 is 2.28 bits per heavy atom. The minimum Gasteiger partial charge on any atom is -0.491 e. The van der Waals surface area contributed by atoms with E-state index in [1.165, 1.54) is 0 Å². The van der Waals surface area contributed by atoms with E-state index in [1.807, 2.05) is 13.0 Å². The fourth-order valence-corrected chi connectivity index (χ4v) is 2.53. The first-order valence-electron chi connectivity index (χ1n) is 6.56. The van der Waals surface area contributed by atoms with Gasteiger partial charge in [0.15, 0.2) is 11.6 Å². The summed E-state index contributed by atoms with van der Waals surface area (Å²) >= 11 is 0. The zero-order valence-electron chi connectivity index (χ0n) is 11.0. The molecule has 2 unspecified atom stereocenters. The number of hydrogen-bond donors (Lipinski definition) is 1. The Morgan fingerprint density at radius 1 is 1.50 bits per heavy atom. The van der Waals surface area contributed by atoms with E-state index in [9.17, 15) is 4.39 Å². The molecule has 0 bridgehead atoms. The summed E-state index contributed by atoms with van der Waals surface area (Å²) in [5.41, 5.74) is 6.85. The van der Waals surface area contributed by atoms with E-state index in [2.05, 4.69) is 11.8 Å². The van der Waals surface area contributed by atoms with Gasteiger partial charge in [0.05, 0.1) is 6.61 Å². The summed E-state index contributed by atoms with van der Waals surface area (Å²) in [6.45, 7) is 5.34. The lowest BCUT2D eigenvalue weighted by molar-refractivity contribution is 0.321. The molecule has 1 fully saturated rings. The van der Waals surface area contributed by atoms with E-state index in [-0.39, 0.29) is 11.9 Å². The monoisotopic (exact) mass is 252 g/mol. The fourth-order valence-electron chi connectivity index (χ4n) is 2.53. The number of nitrogens with two attached hydrogens (primary N) is 1. The minimum atomic E-state index is -0.295. The third kappa shape index (κ3) is 2.75. The van der Waals surface area contributed by atoms with Crippen LogP contribution < -0.4 is 15.4 Å². The van der Waals surface area contributed by atoms with Gasteiger partial charge >= 0.3 is 0 Å². The maximum atomic E-state index is 13.8. The number of piperidine rings is 1. The van der Waals surface area contributed by atoms with Gasteiger partial charge in [-0.3, -0.25) is 0 Å². The van der Waals surface area contributed by atoms with E-state index in [1.54, 1.807) is 12.1 Å². The van der Waals surface area contributed by atoms with Gasteiger partial charge in [-0.1, -0.05) is 0 Å². The molecule has 2 rings (SSSR count). The first-order chi connectivity index (χ1) is 8.61. The maximum absolute atomic E-state index is 13.8. The lowest BCUT2D eigenvalue weighted by atomic mass is 9.98. The van der Waals surface area contributed by atoms with Crippen molar-refractivity contribution in [2.45, 2.75) is 38.8 Å². The third-order valence-electron chi connectivity index (χ3n) is 3.46. The summed E-state index contributed by atoms with van der Waals surface area (Å²) in [6.07, 6.45) is 1.91. The SMILES string of the molecule is CCOc1ccc(N2CCC(N)CC2C)cc1F. The van der Waals surface area contributed by atoms with Crippen LogP contribution in [0.5, 0.6) is 5.75 Å². The molecule has 0 amide bonds. The summed E-state index contributed by atoms with van der Waals surface area (Å²) in [6, 6.07) is 5.80. The van der Waals surface area contributed by atoms with E-state index in [0.717, 1.165) is 25.1 Å². The van der Waals surface area contributed by atoms with Crippen LogP contribution in [-0.2, 0) is 0 Å². The summed E-state index contributed by atoms with van der Waals surface area (Å²) in [4.78, 5) is 2.21. The molecule has 1 heterocycles. The molecule has 1 aromatic rings. The van der Waals surface area contributed by atoms with Gasteiger partial charge in [-0.2, -0.15) is 0 Å². The number of rotatable bonds is 3. The largest absolute Gasteiger partial charge is 0.491 e. The molecule has 100 valence electrons. The predicted molar refractivity (Wildman–Crippen MR) is 71.6 cm³/mol. The van der Waals surface area contributed by atoms with Crippen molar-refractivity contribution in [3.8, 4) is 5.75 Å². The smallest absolute Gasteiger partial charge is 0.167 e. The van der Waals surface area contributed by atoms with Crippen LogP contribution in [-0.4, -0.2) is 25.2 Å². The van der Waals surface area contributed by atoms with Crippen molar-refractivity contribution in [3.63, 3.8) is 0 Å². The molecule has 0 spiro atoms. The highest BCUT2D eigenvalue weighted by Crippen LogP contribution is 2.28. The van der Waals surface area contributed by atoms with Crippen molar-refractivity contribution in [1.29, 1.82) is 0 Å². The molecule has 1 saturated heterocycles. The molecule has 1 aliphatic heterocycles. The Morgan fingerprint density at radius 3 is 2.89 bits per heavy atom. The topological polar surface area (TPSA) is 38.5 Å². The molecule has 0 radical (unpaired) electrons. The molecule has 1 aliphatic rings. The zero-order valence-corrected chi connectivity index (χ0v) is 11.0. The molecular weight excluding hydrogens is 231 g/mol. The summed E-state index contributed by atoms with van der Waals surface area (Å²) in [7, 11) is 0. The number of anilines is 1. The maximum Gasteiger partial charge on any atom is 0.167 e. The Hall–Kier alpha value is -1.29. The molecule has 0 aromatic heterocycles. The van der Waals surface area contributed by atoms with Crippen LogP contribution in [0.15, 0.2) is 18.2 Å². The summed E-state index contributed by atoms with van der Waals surface area (Å²) in [5.74, 6) is 0.0269. The van der Waals surface area contributed by atoms with E-state index < -0.39 is 0 Å². The second-order valence-corrected chi connectivity index (χ2v) is 4.87. The van der Waals surface area contributed by atoms with Gasteiger partial charge in [-0.25, -0.2) is 4.39 Å². The Kier molecular flexibility index (Phi) is 4.07. The average molecular weight is 252 g/mol. The molecule has 3 nitrogen and oxygen atoms in total. The third-order valence-corrected chi connectivity index (χ3v) is 3.46. The number of halogens is 1. The molecular formula is C14H21FN2O. The summed E-state index contributed by atoms with van der Waals surface area (Å²) in [5, 5.41) is 0. The zero-order chi connectivity index (χ0) is 13.1. The van der Waals surface area contributed by atoms with E-state index in [0.29, 0.717) is 18.4 Å². The second kappa shape index (κ2) is 5.57. The van der Waals surface area contributed by atoms with Crippen molar-refractivity contribution in [2.75, 3.05) is 18.1 Å². The van der Waals surface area contributed by atoms with Gasteiger partial charge in [0, 0.05) is 30.4 Å². The Balaban J connectivity index is 2.16. The lowest BCUT2D eigenvalue weighted by Gasteiger charge is -2.38. The highest BCUT2D eigenvalue weighted by molar-refractivity contribution is 5.51. The van der Waals surface area contributed by atoms with Crippen molar-refractivity contribution in [2.24, 2.45) is 5.73 Å². The standard InChI is InChI=1S/C14H21FN2O/c1-3-18-14-5-4-12(9-13(14)15)17-7-6-11(16)8-10(17)2/h4-5,9-11H,3,6-8,16H2,1-2H3. The molecule has 4 heteroatoms. The number of hydrogen-bond acceptors (Lipinski definition) is 3. The fraction of sp³-hybridized carbons (Fsp3) is 0.571. The van der Waals surface area contributed by atoms with Crippen molar-refractivity contribution >= 4 is 5.69 Å². The van der Waals surface area contributed by atoms with Gasteiger partial charge < -0.3 is 15.4 Å². The van der Waals surface area contributed by atoms with Gasteiger partial charge in [-0.15, -0.1) is 0 Å². The van der Waals surface area contributed by atoms with Crippen molar-refractivity contribution in [1.82, 2.24) is 0 Å². The van der Waals surface area contributed by atoms with Gasteiger partial charge in [0.2, 0.25) is 0 Å². The number of nitrogens with zero attached hydrogens (tertiary/aromatic N) is 1. The Labute approximate surface area is 108 Å². The van der Waals surface area contributed by atoms with E-state index in [4.69, 9.17) is 10.5 Å². The van der Waals surface area contributed by atoms with Crippen LogP contribution in [0.4, 0.5) is 10.1 Å². The van der Waals surface area contributed by atoms with Crippen LogP contribution in [0.3, 0.4) is 0 Å². The van der Waals surface area contributed by atoms with Crippen molar-refractivity contribution in [3.05, 3.63) is 24.0 Å². The molecule has 2 atom stereocenters. The van der Waals surface area contributed by atoms with Crippen LogP contribution in [0.25, 0.3) is 0 Å². The van der Waals surface area contributed by atoms with Crippen LogP contribution >= 0.6 is 0 Å². The number of ether oxygens (including phenoxy) is 1. The highest BCUT2D eigenvalue weighted by atomic mass is 19.1. The molecule has 0 aliphatic carbocycles. The van der Waals surface area contributed by atoms with Crippen molar-refractivity contribution < 1.29 is 9.13 Å². The quantitative estimate of drug-likeness (QED) is 0.898. The molecule has 1 aromatic carbocycles.